The predicted octanol–water partition coefficient (Wildman–Crippen LogP) is 4.41. The van der Waals surface area contributed by atoms with E-state index in [1.807, 2.05) is 6.92 Å². The number of carbonyl (C=O) groups is 1. The largest absolute Gasteiger partial charge is 0.298 e. The highest BCUT2D eigenvalue weighted by atomic mass is 35.5. The summed E-state index contributed by atoms with van der Waals surface area (Å²) in [6, 6.07) is 9.94. The van der Waals surface area contributed by atoms with Crippen molar-refractivity contribution in [2.45, 2.75) is 11.8 Å². The van der Waals surface area contributed by atoms with Crippen LogP contribution in [0.2, 0.25) is 5.02 Å². The van der Waals surface area contributed by atoms with Crippen LogP contribution in [0.5, 0.6) is 0 Å². The molecule has 0 unspecified atom stereocenters. The summed E-state index contributed by atoms with van der Waals surface area (Å²) in [5.74, 6) is -0.863. The van der Waals surface area contributed by atoms with Crippen LogP contribution in [0, 0.1) is 12.7 Å². The van der Waals surface area contributed by atoms with E-state index in [1.54, 1.807) is 12.1 Å². The van der Waals surface area contributed by atoms with Crippen molar-refractivity contribution < 1.29 is 17.6 Å². The number of amides is 1. The van der Waals surface area contributed by atoms with Gasteiger partial charge in [0.05, 0.1) is 10.7 Å². The molecule has 1 aromatic heterocycles. The average Bonchev–Trinajstić information content (AvgIpc) is 3.02. The van der Waals surface area contributed by atoms with Crippen LogP contribution in [0.15, 0.2) is 47.4 Å². The van der Waals surface area contributed by atoms with Crippen LogP contribution < -0.4 is 5.32 Å². The topological polar surface area (TPSA) is 79.4 Å². The standard InChI is InChI=1S/C19H17ClFN3O3S2/c1-11-17(12-4-7-14(21)8-5-12)22-19(28-11)23-18(25)13-6-9-15(20)16(10-13)29(26,27)24(2)3/h4-10H,1-3H3,(H,22,23,25). The molecule has 3 aromatic rings. The second-order valence-corrected chi connectivity index (χ2v) is 10.0. The molecule has 0 radical (unpaired) electrons. The van der Waals surface area contributed by atoms with E-state index < -0.39 is 15.9 Å². The zero-order valence-electron chi connectivity index (χ0n) is 15.7. The Bertz CT molecular complexity index is 1180. The van der Waals surface area contributed by atoms with Crippen molar-refractivity contribution in [2.75, 3.05) is 19.4 Å². The van der Waals surface area contributed by atoms with Gasteiger partial charge in [0.1, 0.15) is 10.7 Å². The number of aromatic nitrogens is 1. The number of anilines is 1. The summed E-state index contributed by atoms with van der Waals surface area (Å²) < 4.78 is 38.9. The Morgan fingerprint density at radius 3 is 2.45 bits per heavy atom. The Kier molecular flexibility index (Phi) is 6.04. The Hall–Kier alpha value is -2.33. The number of thiazole rings is 1. The minimum absolute atomic E-state index is 0.0268. The number of hydrogen-bond donors (Lipinski definition) is 1. The molecular weight excluding hydrogens is 437 g/mol. The molecule has 0 fully saturated rings. The lowest BCUT2D eigenvalue weighted by atomic mass is 10.1. The van der Waals surface area contributed by atoms with Crippen molar-refractivity contribution in [1.29, 1.82) is 0 Å². The highest BCUT2D eigenvalue weighted by Gasteiger charge is 2.23. The van der Waals surface area contributed by atoms with Crippen LogP contribution in [0.25, 0.3) is 11.3 Å². The maximum Gasteiger partial charge on any atom is 0.257 e. The molecule has 3 rings (SSSR count). The average molecular weight is 454 g/mol. The SMILES string of the molecule is Cc1sc(NC(=O)c2ccc(Cl)c(S(=O)(=O)N(C)C)c2)nc1-c1ccc(F)cc1. The molecule has 0 spiro atoms. The van der Waals surface area contributed by atoms with Gasteiger partial charge in [-0.1, -0.05) is 11.6 Å². The third kappa shape index (κ3) is 4.48. The third-order valence-corrected chi connectivity index (χ3v) is 7.27. The maximum atomic E-state index is 13.1. The number of aryl methyl sites for hydroxylation is 1. The first-order valence-electron chi connectivity index (χ1n) is 8.36. The molecule has 0 aliphatic heterocycles. The van der Waals surface area contributed by atoms with Crippen molar-refractivity contribution in [3.8, 4) is 11.3 Å². The number of halogens is 2. The summed E-state index contributed by atoms with van der Waals surface area (Å²) in [5, 5.41) is 3.04. The van der Waals surface area contributed by atoms with E-state index in [2.05, 4.69) is 10.3 Å². The van der Waals surface area contributed by atoms with Crippen LogP contribution >= 0.6 is 22.9 Å². The van der Waals surface area contributed by atoms with E-state index in [0.717, 1.165) is 14.7 Å². The smallest absolute Gasteiger partial charge is 0.257 e. The molecule has 10 heteroatoms. The van der Waals surface area contributed by atoms with Gasteiger partial charge in [-0.05, 0) is 49.4 Å². The Balaban J connectivity index is 1.88. The summed E-state index contributed by atoms with van der Waals surface area (Å²) in [4.78, 5) is 17.7. The van der Waals surface area contributed by atoms with E-state index in [-0.39, 0.29) is 21.3 Å². The number of sulfonamides is 1. The van der Waals surface area contributed by atoms with Crippen LogP contribution in [-0.4, -0.2) is 37.7 Å². The molecule has 0 saturated heterocycles. The van der Waals surface area contributed by atoms with Gasteiger partial charge in [0.2, 0.25) is 10.0 Å². The van der Waals surface area contributed by atoms with Crippen LogP contribution in [0.4, 0.5) is 9.52 Å². The molecule has 0 saturated carbocycles. The molecule has 29 heavy (non-hydrogen) atoms. The van der Waals surface area contributed by atoms with Crippen LogP contribution in [-0.2, 0) is 10.0 Å². The van der Waals surface area contributed by atoms with Gasteiger partial charge in [-0.25, -0.2) is 22.1 Å². The van der Waals surface area contributed by atoms with E-state index in [0.29, 0.717) is 10.8 Å². The fourth-order valence-corrected chi connectivity index (χ4v) is 4.76. The molecule has 0 atom stereocenters. The minimum atomic E-state index is -3.80. The molecule has 2 aromatic carbocycles. The van der Waals surface area contributed by atoms with Gasteiger partial charge in [0, 0.05) is 30.1 Å². The normalized spacial score (nSPS) is 11.7. The molecule has 0 bridgehead atoms. The molecule has 152 valence electrons. The second-order valence-electron chi connectivity index (χ2n) is 6.32. The van der Waals surface area contributed by atoms with E-state index in [1.165, 1.54) is 55.8 Å². The Labute approximate surface area is 177 Å². The maximum absolute atomic E-state index is 13.1. The molecule has 6 nitrogen and oxygen atoms in total. The van der Waals surface area contributed by atoms with Gasteiger partial charge in [-0.15, -0.1) is 11.3 Å². The molecular formula is C19H17ClFN3O3S2. The highest BCUT2D eigenvalue weighted by molar-refractivity contribution is 7.89. The van der Waals surface area contributed by atoms with Gasteiger partial charge >= 0.3 is 0 Å². The number of benzene rings is 2. The summed E-state index contributed by atoms with van der Waals surface area (Å²) >= 11 is 7.28. The van der Waals surface area contributed by atoms with Crippen molar-refractivity contribution in [3.05, 3.63) is 63.7 Å². The van der Waals surface area contributed by atoms with Gasteiger partial charge < -0.3 is 0 Å². The predicted molar refractivity (Wildman–Crippen MR) is 113 cm³/mol. The summed E-state index contributed by atoms with van der Waals surface area (Å²) in [6.07, 6.45) is 0. The first kappa shape index (κ1) is 21.4. The number of rotatable bonds is 5. The number of nitrogens with one attached hydrogen (secondary N) is 1. The second kappa shape index (κ2) is 8.19. The molecule has 1 N–H and O–H groups in total. The molecule has 1 amide bonds. The van der Waals surface area contributed by atoms with Gasteiger partial charge in [-0.2, -0.15) is 0 Å². The monoisotopic (exact) mass is 453 g/mol. The zero-order valence-corrected chi connectivity index (χ0v) is 18.1. The van der Waals surface area contributed by atoms with Gasteiger partial charge in [-0.3, -0.25) is 10.1 Å². The summed E-state index contributed by atoms with van der Waals surface area (Å²) in [6.45, 7) is 1.84. The number of carbonyl (C=O) groups excluding carboxylic acids is 1. The van der Waals surface area contributed by atoms with Crippen molar-refractivity contribution >= 4 is 44.0 Å². The van der Waals surface area contributed by atoms with E-state index >= 15 is 0 Å². The lowest BCUT2D eigenvalue weighted by Gasteiger charge is -2.13. The fourth-order valence-electron chi connectivity index (χ4n) is 2.53. The number of nitrogens with zero attached hydrogens (tertiary/aromatic N) is 2. The van der Waals surface area contributed by atoms with Gasteiger partial charge in [0.15, 0.2) is 5.13 Å². The highest BCUT2D eigenvalue weighted by Crippen LogP contribution is 2.31. The lowest BCUT2D eigenvalue weighted by Crippen LogP contribution is -2.23. The van der Waals surface area contributed by atoms with Crippen molar-refractivity contribution in [2.24, 2.45) is 0 Å². The first-order chi connectivity index (χ1) is 13.6. The molecule has 0 aliphatic carbocycles. The number of hydrogen-bond acceptors (Lipinski definition) is 5. The Morgan fingerprint density at radius 1 is 1.17 bits per heavy atom. The summed E-state index contributed by atoms with van der Waals surface area (Å²) in [7, 11) is -1.04. The van der Waals surface area contributed by atoms with Crippen LogP contribution in [0.1, 0.15) is 15.2 Å². The third-order valence-electron chi connectivity index (χ3n) is 4.09. The van der Waals surface area contributed by atoms with E-state index in [4.69, 9.17) is 11.6 Å². The van der Waals surface area contributed by atoms with Crippen molar-refractivity contribution in [1.82, 2.24) is 9.29 Å². The van der Waals surface area contributed by atoms with E-state index in [9.17, 15) is 17.6 Å². The zero-order chi connectivity index (χ0) is 21.3. The Morgan fingerprint density at radius 2 is 1.83 bits per heavy atom. The summed E-state index contributed by atoms with van der Waals surface area (Å²) in [5.41, 5.74) is 1.50. The van der Waals surface area contributed by atoms with Crippen LogP contribution in [0.3, 0.4) is 0 Å². The molecule has 0 aliphatic rings. The van der Waals surface area contributed by atoms with Gasteiger partial charge in [0.25, 0.3) is 5.91 Å². The molecule has 1 heterocycles. The van der Waals surface area contributed by atoms with Crippen molar-refractivity contribution in [3.63, 3.8) is 0 Å². The minimum Gasteiger partial charge on any atom is -0.298 e. The fraction of sp³-hybridized carbons (Fsp3) is 0.158. The first-order valence-corrected chi connectivity index (χ1v) is 11.0. The quantitative estimate of drug-likeness (QED) is 0.620. The lowest BCUT2D eigenvalue weighted by molar-refractivity contribution is 0.102.